The van der Waals surface area contributed by atoms with Crippen molar-refractivity contribution < 1.29 is 4.79 Å². The zero-order chi connectivity index (χ0) is 21.8. The van der Waals surface area contributed by atoms with Crippen LogP contribution in [0.2, 0.25) is 10.0 Å². The van der Waals surface area contributed by atoms with E-state index in [1.165, 1.54) is 0 Å². The Bertz CT molecular complexity index is 1210. The van der Waals surface area contributed by atoms with E-state index < -0.39 is 5.91 Å². The van der Waals surface area contributed by atoms with Crippen LogP contribution in [0.5, 0.6) is 0 Å². The van der Waals surface area contributed by atoms with E-state index in [1.54, 1.807) is 36.0 Å². The van der Waals surface area contributed by atoms with Gasteiger partial charge in [-0.25, -0.2) is 0 Å². The van der Waals surface area contributed by atoms with E-state index in [0.717, 1.165) is 21.8 Å². The molecule has 0 saturated heterocycles. The Balaban J connectivity index is 1.65. The maximum Gasteiger partial charge on any atom is 0.248 e. The number of hydrogen-bond acceptors (Lipinski definition) is 4. The number of carbonyl (C=O) groups is 1. The normalized spacial score (nSPS) is 10.9. The molecular weight excluding hydrogens is 451 g/mol. The highest BCUT2D eigenvalue weighted by atomic mass is 35.5. The molecule has 156 valence electrons. The van der Waals surface area contributed by atoms with Crippen LogP contribution in [-0.4, -0.2) is 20.7 Å². The highest BCUT2D eigenvalue weighted by Gasteiger charge is 2.17. The number of benzene rings is 3. The number of hydrogen-bond donors (Lipinski definition) is 1. The minimum absolute atomic E-state index is 0.439. The van der Waals surface area contributed by atoms with E-state index >= 15 is 0 Å². The molecule has 3 aromatic carbocycles. The minimum Gasteiger partial charge on any atom is -0.366 e. The van der Waals surface area contributed by atoms with Crippen molar-refractivity contribution in [3.05, 3.63) is 99.5 Å². The maximum atomic E-state index is 11.3. The van der Waals surface area contributed by atoms with Crippen LogP contribution in [0.3, 0.4) is 0 Å². The molecule has 1 aromatic heterocycles. The van der Waals surface area contributed by atoms with Gasteiger partial charge in [-0.1, -0.05) is 77.4 Å². The van der Waals surface area contributed by atoms with Gasteiger partial charge in [0.1, 0.15) is 0 Å². The van der Waals surface area contributed by atoms with E-state index in [4.69, 9.17) is 28.9 Å². The topological polar surface area (TPSA) is 73.8 Å². The third-order valence-electron chi connectivity index (χ3n) is 4.68. The Labute approximate surface area is 194 Å². The molecule has 0 radical (unpaired) electrons. The van der Waals surface area contributed by atoms with Gasteiger partial charge in [-0.3, -0.25) is 9.36 Å². The summed E-state index contributed by atoms with van der Waals surface area (Å²) in [7, 11) is 0. The Morgan fingerprint density at radius 1 is 0.935 bits per heavy atom. The second-order valence-electron chi connectivity index (χ2n) is 6.85. The van der Waals surface area contributed by atoms with Crippen LogP contribution in [0.25, 0.3) is 11.4 Å². The number of rotatable bonds is 7. The third-order valence-corrected chi connectivity index (χ3v) is 6.26. The Kier molecular flexibility index (Phi) is 6.61. The molecule has 2 N–H and O–H groups in total. The van der Waals surface area contributed by atoms with Gasteiger partial charge >= 0.3 is 0 Å². The fourth-order valence-corrected chi connectivity index (χ4v) is 4.47. The second-order valence-corrected chi connectivity index (χ2v) is 8.64. The standard InChI is InChI=1S/C23H18Cl2N4OS/c24-18-10-11-19(20(25)12-18)22-27-28-23(29(22)13-15-4-2-1-3-5-15)31-14-16-6-8-17(9-7-16)21(26)30/h1-12H,13-14H2,(H2,26,30). The number of carbonyl (C=O) groups excluding carboxylic acids is 1. The predicted molar refractivity (Wildman–Crippen MR) is 126 cm³/mol. The fourth-order valence-electron chi connectivity index (χ4n) is 3.09. The summed E-state index contributed by atoms with van der Waals surface area (Å²) in [5.41, 5.74) is 8.75. The van der Waals surface area contributed by atoms with Gasteiger partial charge in [-0.05, 0) is 41.5 Å². The third kappa shape index (κ3) is 5.10. The molecule has 0 aliphatic carbocycles. The van der Waals surface area contributed by atoms with E-state index in [0.29, 0.717) is 33.7 Å². The molecule has 1 amide bonds. The summed E-state index contributed by atoms with van der Waals surface area (Å²) in [6, 6.07) is 22.7. The van der Waals surface area contributed by atoms with Crippen LogP contribution in [0.15, 0.2) is 78.0 Å². The van der Waals surface area contributed by atoms with Crippen molar-refractivity contribution in [2.45, 2.75) is 17.5 Å². The molecule has 0 fully saturated rings. The smallest absolute Gasteiger partial charge is 0.248 e. The number of nitrogens with zero attached hydrogens (tertiary/aromatic N) is 3. The van der Waals surface area contributed by atoms with E-state index in [-0.39, 0.29) is 0 Å². The van der Waals surface area contributed by atoms with Gasteiger partial charge in [0.15, 0.2) is 11.0 Å². The largest absolute Gasteiger partial charge is 0.366 e. The van der Waals surface area contributed by atoms with Gasteiger partial charge in [0, 0.05) is 21.9 Å². The number of amides is 1. The average Bonchev–Trinajstić information content (AvgIpc) is 3.15. The Morgan fingerprint density at radius 2 is 1.68 bits per heavy atom. The van der Waals surface area contributed by atoms with Gasteiger partial charge in [0.05, 0.1) is 11.6 Å². The number of aromatic nitrogens is 3. The van der Waals surface area contributed by atoms with Crippen LogP contribution < -0.4 is 5.73 Å². The number of primary amides is 1. The summed E-state index contributed by atoms with van der Waals surface area (Å²) in [6.07, 6.45) is 0. The first kappa shape index (κ1) is 21.4. The van der Waals surface area contributed by atoms with Crippen molar-refractivity contribution in [3.8, 4) is 11.4 Å². The molecule has 0 unspecified atom stereocenters. The van der Waals surface area contributed by atoms with E-state index in [2.05, 4.69) is 22.3 Å². The molecule has 0 saturated carbocycles. The predicted octanol–water partition coefficient (Wildman–Crippen LogP) is 5.69. The Morgan fingerprint density at radius 3 is 2.35 bits per heavy atom. The monoisotopic (exact) mass is 468 g/mol. The molecule has 5 nitrogen and oxygen atoms in total. The first-order valence-corrected chi connectivity index (χ1v) is 11.2. The van der Waals surface area contributed by atoms with Crippen molar-refractivity contribution >= 4 is 40.9 Å². The van der Waals surface area contributed by atoms with Gasteiger partial charge in [-0.15, -0.1) is 10.2 Å². The van der Waals surface area contributed by atoms with Crippen LogP contribution in [0, 0.1) is 0 Å². The lowest BCUT2D eigenvalue weighted by Gasteiger charge is -2.12. The zero-order valence-electron chi connectivity index (χ0n) is 16.3. The molecule has 0 aliphatic rings. The van der Waals surface area contributed by atoms with E-state index in [1.807, 2.05) is 41.0 Å². The molecule has 1 heterocycles. The van der Waals surface area contributed by atoms with Crippen molar-refractivity contribution in [1.29, 1.82) is 0 Å². The quantitative estimate of drug-likeness (QED) is 0.353. The zero-order valence-corrected chi connectivity index (χ0v) is 18.7. The van der Waals surface area contributed by atoms with Crippen LogP contribution >= 0.6 is 35.0 Å². The lowest BCUT2D eigenvalue weighted by molar-refractivity contribution is 0.100. The lowest BCUT2D eigenvalue weighted by Crippen LogP contribution is -2.10. The number of thioether (sulfide) groups is 1. The number of nitrogens with two attached hydrogens (primary N) is 1. The SMILES string of the molecule is NC(=O)c1ccc(CSc2nnc(-c3ccc(Cl)cc3Cl)n2Cc2ccccc2)cc1. The molecule has 31 heavy (non-hydrogen) atoms. The maximum absolute atomic E-state index is 11.3. The summed E-state index contributed by atoms with van der Waals surface area (Å²) < 4.78 is 2.05. The van der Waals surface area contributed by atoms with Gasteiger partial charge in [-0.2, -0.15) is 0 Å². The molecule has 0 aliphatic heterocycles. The first-order valence-electron chi connectivity index (χ1n) is 9.45. The summed E-state index contributed by atoms with van der Waals surface area (Å²) >= 11 is 14.1. The van der Waals surface area contributed by atoms with Crippen molar-refractivity contribution in [2.24, 2.45) is 5.73 Å². The molecule has 4 aromatic rings. The van der Waals surface area contributed by atoms with Crippen molar-refractivity contribution in [1.82, 2.24) is 14.8 Å². The molecular formula is C23H18Cl2N4OS. The highest BCUT2D eigenvalue weighted by Crippen LogP contribution is 2.32. The van der Waals surface area contributed by atoms with Gasteiger partial charge < -0.3 is 5.73 Å². The van der Waals surface area contributed by atoms with E-state index in [9.17, 15) is 4.79 Å². The molecule has 0 atom stereocenters. The average molecular weight is 469 g/mol. The second kappa shape index (κ2) is 9.56. The van der Waals surface area contributed by atoms with Crippen LogP contribution in [-0.2, 0) is 12.3 Å². The molecule has 0 spiro atoms. The van der Waals surface area contributed by atoms with Crippen LogP contribution in [0.4, 0.5) is 0 Å². The van der Waals surface area contributed by atoms with Crippen molar-refractivity contribution in [3.63, 3.8) is 0 Å². The lowest BCUT2D eigenvalue weighted by atomic mass is 10.1. The summed E-state index contributed by atoms with van der Waals surface area (Å²) in [4.78, 5) is 11.3. The van der Waals surface area contributed by atoms with Gasteiger partial charge in [0.25, 0.3) is 0 Å². The summed E-state index contributed by atoms with van der Waals surface area (Å²) in [5, 5.41) is 10.7. The highest BCUT2D eigenvalue weighted by molar-refractivity contribution is 7.98. The fraction of sp³-hybridized carbons (Fsp3) is 0.0870. The summed E-state index contributed by atoms with van der Waals surface area (Å²) in [5.74, 6) is 0.906. The molecule has 8 heteroatoms. The van der Waals surface area contributed by atoms with Crippen LogP contribution in [0.1, 0.15) is 21.5 Å². The molecule has 0 bridgehead atoms. The summed E-state index contributed by atoms with van der Waals surface area (Å²) in [6.45, 7) is 0.602. The minimum atomic E-state index is -0.439. The Hall–Kier alpha value is -2.80. The van der Waals surface area contributed by atoms with Gasteiger partial charge in [0.2, 0.25) is 5.91 Å². The first-order chi connectivity index (χ1) is 15.0. The van der Waals surface area contributed by atoms with Crippen molar-refractivity contribution in [2.75, 3.05) is 0 Å². The molecule has 4 rings (SSSR count). The number of halogens is 2.